The van der Waals surface area contributed by atoms with Gasteiger partial charge in [-0.1, -0.05) is 0 Å². The summed E-state index contributed by atoms with van der Waals surface area (Å²) in [5.41, 5.74) is 3.90. The number of carbonyl (C=O) groups excluding carboxylic acids is 1. The Bertz CT molecular complexity index is 624. The number of rotatable bonds is 2. The van der Waals surface area contributed by atoms with Crippen LogP contribution in [0.2, 0.25) is 0 Å². The molecule has 0 aliphatic carbocycles. The Balaban J connectivity index is 1.78. The van der Waals surface area contributed by atoms with E-state index >= 15 is 0 Å². The van der Waals surface area contributed by atoms with E-state index < -0.39 is 0 Å². The second kappa shape index (κ2) is 5.87. The van der Waals surface area contributed by atoms with Gasteiger partial charge in [0.2, 0.25) is 0 Å². The Morgan fingerprint density at radius 2 is 2.29 bits per heavy atom. The van der Waals surface area contributed by atoms with Crippen LogP contribution < -0.4 is 0 Å². The molecule has 0 aromatic carbocycles. The van der Waals surface area contributed by atoms with Gasteiger partial charge in [0.1, 0.15) is 17.6 Å². The average Bonchev–Trinajstić information content (AvgIpc) is 3.00. The molecule has 3 heterocycles. The molecule has 0 radical (unpaired) electrons. The highest BCUT2D eigenvalue weighted by atomic mass is 32.1. The third kappa shape index (κ3) is 3.08. The number of aromatic nitrogens is 3. The van der Waals surface area contributed by atoms with E-state index in [4.69, 9.17) is 4.74 Å². The van der Waals surface area contributed by atoms with E-state index in [0.717, 1.165) is 17.2 Å². The molecule has 1 fully saturated rings. The van der Waals surface area contributed by atoms with Gasteiger partial charge in [-0.15, -0.1) is 11.3 Å². The van der Waals surface area contributed by atoms with Gasteiger partial charge in [0.15, 0.2) is 0 Å². The molecule has 0 spiro atoms. The molecule has 2 aromatic rings. The van der Waals surface area contributed by atoms with E-state index in [-0.39, 0.29) is 12.0 Å². The van der Waals surface area contributed by atoms with E-state index in [1.165, 1.54) is 11.3 Å². The molecule has 0 saturated carbocycles. The van der Waals surface area contributed by atoms with Crippen LogP contribution in [-0.2, 0) is 4.74 Å². The summed E-state index contributed by atoms with van der Waals surface area (Å²) >= 11 is 1.42. The van der Waals surface area contributed by atoms with Gasteiger partial charge in [-0.25, -0.2) is 15.0 Å². The van der Waals surface area contributed by atoms with Crippen LogP contribution in [0.25, 0.3) is 0 Å². The number of carbonyl (C=O) groups is 1. The van der Waals surface area contributed by atoms with Crippen LogP contribution in [0.15, 0.2) is 17.0 Å². The van der Waals surface area contributed by atoms with Gasteiger partial charge < -0.3 is 9.64 Å². The Morgan fingerprint density at radius 1 is 1.43 bits per heavy atom. The summed E-state index contributed by atoms with van der Waals surface area (Å²) in [6.07, 6.45) is -0.207. The molecule has 1 aliphatic rings. The quantitative estimate of drug-likeness (QED) is 0.845. The minimum atomic E-state index is -0.207. The van der Waals surface area contributed by atoms with E-state index in [2.05, 4.69) is 15.0 Å². The summed E-state index contributed by atoms with van der Waals surface area (Å²) in [5, 5.41) is 1.77. The largest absolute Gasteiger partial charge is 0.368 e. The first-order chi connectivity index (χ1) is 10.1. The van der Waals surface area contributed by atoms with Crippen molar-refractivity contribution in [3.63, 3.8) is 0 Å². The fourth-order valence-corrected chi connectivity index (χ4v) is 2.93. The van der Waals surface area contributed by atoms with Crippen LogP contribution in [0.1, 0.15) is 33.8 Å². The number of amides is 1. The van der Waals surface area contributed by atoms with Crippen LogP contribution >= 0.6 is 11.3 Å². The van der Waals surface area contributed by atoms with Gasteiger partial charge in [-0.2, -0.15) is 0 Å². The van der Waals surface area contributed by atoms with E-state index in [9.17, 15) is 4.79 Å². The third-order valence-corrected chi connectivity index (χ3v) is 3.91. The predicted molar refractivity (Wildman–Crippen MR) is 78.2 cm³/mol. The van der Waals surface area contributed by atoms with Crippen LogP contribution in [0.5, 0.6) is 0 Å². The van der Waals surface area contributed by atoms with Crippen molar-refractivity contribution in [3.8, 4) is 0 Å². The maximum absolute atomic E-state index is 12.4. The first kappa shape index (κ1) is 14.1. The molecule has 110 valence electrons. The molecule has 2 aromatic heterocycles. The molecule has 3 rings (SSSR count). The van der Waals surface area contributed by atoms with E-state index in [1.54, 1.807) is 15.8 Å². The van der Waals surface area contributed by atoms with Crippen molar-refractivity contribution < 1.29 is 9.53 Å². The second-order valence-electron chi connectivity index (χ2n) is 4.97. The Labute approximate surface area is 126 Å². The van der Waals surface area contributed by atoms with Crippen molar-refractivity contribution in [2.45, 2.75) is 20.0 Å². The number of morpholine rings is 1. The number of nitrogens with zero attached hydrogens (tertiary/aromatic N) is 4. The average molecular weight is 304 g/mol. The second-order valence-corrected chi connectivity index (χ2v) is 5.68. The zero-order valence-electron chi connectivity index (χ0n) is 11.9. The minimum Gasteiger partial charge on any atom is -0.368 e. The smallest absolute Gasteiger partial charge is 0.273 e. The lowest BCUT2D eigenvalue weighted by molar-refractivity contribution is -0.0250. The molecule has 0 N–H and O–H groups in total. The van der Waals surface area contributed by atoms with Crippen LogP contribution in [-0.4, -0.2) is 45.5 Å². The first-order valence-electron chi connectivity index (χ1n) is 6.75. The van der Waals surface area contributed by atoms with E-state index in [1.807, 2.05) is 19.9 Å². The van der Waals surface area contributed by atoms with Gasteiger partial charge in [0.25, 0.3) is 5.91 Å². The van der Waals surface area contributed by atoms with Crippen molar-refractivity contribution in [3.05, 3.63) is 39.9 Å². The summed E-state index contributed by atoms with van der Waals surface area (Å²) in [6.45, 7) is 5.36. The number of ether oxygens (including phenoxy) is 1. The highest BCUT2D eigenvalue weighted by molar-refractivity contribution is 7.07. The summed E-state index contributed by atoms with van der Waals surface area (Å²) in [4.78, 5) is 26.9. The maximum Gasteiger partial charge on any atom is 0.273 e. The zero-order valence-corrected chi connectivity index (χ0v) is 12.8. The first-order valence-corrected chi connectivity index (χ1v) is 7.69. The van der Waals surface area contributed by atoms with Crippen molar-refractivity contribution in [1.82, 2.24) is 19.9 Å². The minimum absolute atomic E-state index is 0.0490. The molecule has 1 aliphatic heterocycles. The zero-order chi connectivity index (χ0) is 14.8. The molecule has 1 atom stereocenters. The number of hydrogen-bond donors (Lipinski definition) is 0. The molecule has 1 saturated heterocycles. The fourth-order valence-electron chi connectivity index (χ4n) is 2.40. The molecular formula is C14H16N4O2S. The normalized spacial score (nSPS) is 18.8. The molecule has 6 nitrogen and oxygen atoms in total. The molecular weight excluding hydrogens is 288 g/mol. The summed E-state index contributed by atoms with van der Waals surface area (Å²) in [6, 6.07) is 1.91. The van der Waals surface area contributed by atoms with Crippen molar-refractivity contribution in [2.75, 3.05) is 19.7 Å². The lowest BCUT2D eigenvalue weighted by Gasteiger charge is -2.32. The van der Waals surface area contributed by atoms with Gasteiger partial charge in [-0.3, -0.25) is 4.79 Å². The Kier molecular flexibility index (Phi) is 3.94. The standard InChI is InChI=1S/C14H16N4O2S/c1-9-5-11(17-10(2)16-9)13-6-18(3-4-20-13)14(19)12-7-21-8-15-12/h5,7-8,13H,3-4,6H2,1-2H3/t13-/m1/s1. The monoisotopic (exact) mass is 304 g/mol. The summed E-state index contributed by atoms with van der Waals surface area (Å²) in [5.74, 6) is 0.670. The number of hydrogen-bond acceptors (Lipinski definition) is 6. The topological polar surface area (TPSA) is 68.2 Å². The number of aryl methyl sites for hydroxylation is 2. The van der Waals surface area contributed by atoms with Gasteiger partial charge in [0.05, 0.1) is 24.4 Å². The van der Waals surface area contributed by atoms with Crippen LogP contribution in [0.3, 0.4) is 0 Å². The summed E-state index contributed by atoms with van der Waals surface area (Å²) in [7, 11) is 0. The Morgan fingerprint density at radius 3 is 3.00 bits per heavy atom. The molecule has 21 heavy (non-hydrogen) atoms. The van der Waals surface area contributed by atoms with Crippen molar-refractivity contribution in [2.24, 2.45) is 0 Å². The fraction of sp³-hybridized carbons (Fsp3) is 0.429. The molecule has 7 heteroatoms. The highest BCUT2D eigenvalue weighted by Gasteiger charge is 2.28. The lowest BCUT2D eigenvalue weighted by atomic mass is 10.1. The third-order valence-electron chi connectivity index (χ3n) is 3.32. The van der Waals surface area contributed by atoms with Crippen molar-refractivity contribution >= 4 is 17.2 Å². The van der Waals surface area contributed by atoms with Gasteiger partial charge >= 0.3 is 0 Å². The van der Waals surface area contributed by atoms with Crippen LogP contribution in [0, 0.1) is 13.8 Å². The van der Waals surface area contributed by atoms with E-state index in [0.29, 0.717) is 25.4 Å². The SMILES string of the molecule is Cc1cc([C@H]2CN(C(=O)c3cscn3)CCO2)nc(C)n1. The van der Waals surface area contributed by atoms with Crippen molar-refractivity contribution in [1.29, 1.82) is 0 Å². The molecule has 0 unspecified atom stereocenters. The Hall–Kier alpha value is -1.86. The van der Waals surface area contributed by atoms with Gasteiger partial charge in [0, 0.05) is 17.6 Å². The highest BCUT2D eigenvalue weighted by Crippen LogP contribution is 2.22. The van der Waals surface area contributed by atoms with Crippen LogP contribution in [0.4, 0.5) is 0 Å². The summed E-state index contributed by atoms with van der Waals surface area (Å²) < 4.78 is 5.77. The molecule has 1 amide bonds. The lowest BCUT2D eigenvalue weighted by Crippen LogP contribution is -2.42. The maximum atomic E-state index is 12.4. The molecule has 0 bridgehead atoms. The number of thiazole rings is 1. The van der Waals surface area contributed by atoms with Gasteiger partial charge in [-0.05, 0) is 19.9 Å². The predicted octanol–water partition coefficient (Wildman–Crippen LogP) is 1.76.